The molecule has 2 heterocycles. The standard InChI is InChI=1S/C20H27F3N8O2/c1-12(29-15(11-32)18-19(25)31(2)10-17(33)30-18)27-9-14(5-24)7-26-6-13-3-4-16(28-8-13)20(21,22)23/h3-5,7-8,12,25,27,29,32H,6,9-11,24H2,1-2H3,(H,30,33). The first-order valence-corrected chi connectivity index (χ1v) is 9.91. The average Bonchev–Trinajstić information content (AvgIpc) is 2.76. The summed E-state index contributed by atoms with van der Waals surface area (Å²) in [4.78, 5) is 20.8. The fourth-order valence-electron chi connectivity index (χ4n) is 2.82. The molecule has 10 nitrogen and oxygen atoms in total. The third-order valence-electron chi connectivity index (χ3n) is 4.59. The molecule has 0 spiro atoms. The number of piperazine rings is 1. The number of halogens is 3. The molecule has 1 aromatic rings. The van der Waals surface area contributed by atoms with E-state index in [9.17, 15) is 23.1 Å². The number of aliphatic imine (C=N–C) groups is 1. The number of hydrogen-bond acceptors (Lipinski definition) is 8. The van der Waals surface area contributed by atoms with Gasteiger partial charge in [0.05, 0.1) is 31.6 Å². The molecule has 33 heavy (non-hydrogen) atoms. The number of aromatic nitrogens is 1. The molecular formula is C20H27F3N8O2. The Labute approximate surface area is 189 Å². The molecule has 0 bridgehead atoms. The van der Waals surface area contributed by atoms with Gasteiger partial charge < -0.3 is 26.4 Å². The Hall–Kier alpha value is -3.45. The molecule has 1 amide bonds. The van der Waals surface area contributed by atoms with Gasteiger partial charge in [-0.2, -0.15) is 13.2 Å². The molecular weight excluding hydrogens is 441 g/mol. The van der Waals surface area contributed by atoms with Crippen molar-refractivity contribution in [3.8, 4) is 0 Å². The van der Waals surface area contributed by atoms with Crippen molar-refractivity contribution >= 4 is 18.0 Å². The van der Waals surface area contributed by atoms with E-state index in [4.69, 9.17) is 11.1 Å². The monoisotopic (exact) mass is 468 g/mol. The summed E-state index contributed by atoms with van der Waals surface area (Å²) in [5.74, 6) is -0.213. The fourth-order valence-corrected chi connectivity index (χ4v) is 2.82. The normalized spacial score (nSPS) is 17.9. The lowest BCUT2D eigenvalue weighted by Crippen LogP contribution is -2.51. The zero-order valence-corrected chi connectivity index (χ0v) is 18.2. The number of likely N-dealkylation sites (N-methyl/N-ethyl adjacent to an activating group) is 1. The molecule has 180 valence electrons. The van der Waals surface area contributed by atoms with Crippen LogP contribution < -0.4 is 21.7 Å². The van der Waals surface area contributed by atoms with E-state index >= 15 is 0 Å². The first-order chi connectivity index (χ1) is 15.5. The van der Waals surface area contributed by atoms with Crippen LogP contribution in [-0.2, 0) is 17.5 Å². The maximum absolute atomic E-state index is 12.6. The second-order valence-electron chi connectivity index (χ2n) is 7.27. The molecule has 0 radical (unpaired) electrons. The van der Waals surface area contributed by atoms with Crippen LogP contribution in [0.2, 0.25) is 0 Å². The van der Waals surface area contributed by atoms with Crippen molar-refractivity contribution in [3.05, 3.63) is 52.8 Å². The fraction of sp³-hybridized carbons (Fsp3) is 0.400. The van der Waals surface area contributed by atoms with E-state index in [2.05, 4.69) is 25.9 Å². The van der Waals surface area contributed by atoms with Crippen molar-refractivity contribution in [2.24, 2.45) is 10.7 Å². The van der Waals surface area contributed by atoms with Crippen molar-refractivity contribution in [2.75, 3.05) is 26.7 Å². The molecule has 0 aliphatic carbocycles. The molecule has 0 aromatic carbocycles. The van der Waals surface area contributed by atoms with Gasteiger partial charge in [-0.1, -0.05) is 6.07 Å². The van der Waals surface area contributed by atoms with Crippen LogP contribution in [0.4, 0.5) is 13.2 Å². The van der Waals surface area contributed by atoms with Crippen LogP contribution in [0.5, 0.6) is 0 Å². The van der Waals surface area contributed by atoms with Gasteiger partial charge in [0.2, 0.25) is 5.91 Å². The van der Waals surface area contributed by atoms with Crippen LogP contribution in [0.3, 0.4) is 0 Å². The third kappa shape index (κ3) is 7.57. The Morgan fingerprint density at radius 3 is 2.79 bits per heavy atom. The Morgan fingerprint density at radius 1 is 1.48 bits per heavy atom. The van der Waals surface area contributed by atoms with E-state index in [1.807, 2.05) is 0 Å². The number of amides is 1. The number of carbonyl (C=O) groups excluding carboxylic acids is 1. The van der Waals surface area contributed by atoms with Crippen LogP contribution in [-0.4, -0.2) is 65.9 Å². The maximum Gasteiger partial charge on any atom is 0.433 e. The summed E-state index contributed by atoms with van der Waals surface area (Å²) in [7, 11) is 1.61. The first kappa shape index (κ1) is 25.8. The Kier molecular flexibility index (Phi) is 8.94. The minimum atomic E-state index is -4.49. The van der Waals surface area contributed by atoms with Crippen molar-refractivity contribution in [3.63, 3.8) is 0 Å². The van der Waals surface area contributed by atoms with E-state index < -0.39 is 18.5 Å². The van der Waals surface area contributed by atoms with E-state index in [0.29, 0.717) is 11.1 Å². The number of nitrogens with one attached hydrogen (secondary N) is 4. The lowest BCUT2D eigenvalue weighted by Gasteiger charge is -2.30. The summed E-state index contributed by atoms with van der Waals surface area (Å²) in [6, 6.07) is 2.21. The van der Waals surface area contributed by atoms with Gasteiger partial charge in [0.25, 0.3) is 0 Å². The van der Waals surface area contributed by atoms with Crippen molar-refractivity contribution < 1.29 is 23.1 Å². The predicted octanol–water partition coefficient (Wildman–Crippen LogP) is 0.282. The summed E-state index contributed by atoms with van der Waals surface area (Å²) in [6.45, 7) is 1.83. The van der Waals surface area contributed by atoms with Gasteiger partial charge in [0.15, 0.2) is 0 Å². The van der Waals surface area contributed by atoms with Crippen LogP contribution in [0.1, 0.15) is 18.2 Å². The maximum atomic E-state index is 12.6. The second-order valence-corrected chi connectivity index (χ2v) is 7.27. The van der Waals surface area contributed by atoms with Crippen molar-refractivity contribution in [1.82, 2.24) is 25.8 Å². The molecule has 1 unspecified atom stereocenters. The van der Waals surface area contributed by atoms with Gasteiger partial charge in [0.1, 0.15) is 17.2 Å². The van der Waals surface area contributed by atoms with E-state index in [1.54, 1.807) is 14.0 Å². The zero-order valence-electron chi connectivity index (χ0n) is 18.2. The largest absolute Gasteiger partial charge is 0.433 e. The number of hydrogen-bond donors (Lipinski definition) is 6. The highest BCUT2D eigenvalue weighted by atomic mass is 19.4. The quantitative estimate of drug-likeness (QED) is 0.225. The summed E-state index contributed by atoms with van der Waals surface area (Å²) in [5.41, 5.74) is 6.26. The molecule has 0 saturated carbocycles. The average molecular weight is 468 g/mol. The zero-order chi connectivity index (χ0) is 24.6. The van der Waals surface area contributed by atoms with Gasteiger partial charge in [-0.05, 0) is 30.3 Å². The van der Waals surface area contributed by atoms with Gasteiger partial charge in [-0.15, -0.1) is 0 Å². The van der Waals surface area contributed by atoms with Crippen LogP contribution in [0, 0.1) is 5.41 Å². The lowest BCUT2D eigenvalue weighted by molar-refractivity contribution is -0.141. The molecule has 1 aliphatic rings. The summed E-state index contributed by atoms with van der Waals surface area (Å²) >= 11 is 0. The Balaban J connectivity index is 1.91. The Bertz CT molecular complexity index is 942. The Morgan fingerprint density at radius 2 is 2.21 bits per heavy atom. The number of alkyl halides is 3. The van der Waals surface area contributed by atoms with E-state index in [1.165, 1.54) is 23.4 Å². The third-order valence-corrected chi connectivity index (χ3v) is 4.59. The molecule has 13 heteroatoms. The van der Waals surface area contributed by atoms with Crippen LogP contribution in [0.15, 0.2) is 46.5 Å². The summed E-state index contributed by atoms with van der Waals surface area (Å²) in [6.07, 6.45) is -0.906. The minimum absolute atomic E-state index is 0.0569. The van der Waals surface area contributed by atoms with Gasteiger partial charge in [0, 0.05) is 26.0 Å². The van der Waals surface area contributed by atoms with Crippen LogP contribution >= 0.6 is 0 Å². The number of pyridine rings is 1. The van der Waals surface area contributed by atoms with E-state index in [0.717, 1.165) is 12.3 Å². The summed E-state index contributed by atoms with van der Waals surface area (Å²) < 4.78 is 37.7. The molecule has 1 fully saturated rings. The SMILES string of the molecule is CC(NCC(C=NCc1ccc(C(F)(F)F)nc1)=CN)NC(CO)=C1NC(=O)CN(C)C1=N. The smallest absolute Gasteiger partial charge is 0.404 e. The molecule has 1 saturated heterocycles. The molecule has 1 aliphatic heterocycles. The highest BCUT2D eigenvalue weighted by Gasteiger charge is 2.32. The van der Waals surface area contributed by atoms with Gasteiger partial charge in [-0.25, -0.2) is 0 Å². The second kappa shape index (κ2) is 11.4. The molecule has 1 atom stereocenters. The highest BCUT2D eigenvalue weighted by Crippen LogP contribution is 2.27. The topological polar surface area (TPSA) is 152 Å². The predicted molar refractivity (Wildman–Crippen MR) is 117 cm³/mol. The lowest BCUT2D eigenvalue weighted by atomic mass is 10.2. The van der Waals surface area contributed by atoms with Gasteiger partial charge >= 0.3 is 6.18 Å². The molecule has 2 rings (SSSR count). The molecule has 7 N–H and O–H groups in total. The van der Waals surface area contributed by atoms with Crippen molar-refractivity contribution in [1.29, 1.82) is 5.41 Å². The number of nitrogens with two attached hydrogens (primary N) is 1. The number of rotatable bonds is 9. The highest BCUT2D eigenvalue weighted by molar-refractivity contribution is 6.04. The number of amidine groups is 1. The van der Waals surface area contributed by atoms with E-state index in [-0.39, 0.29) is 48.9 Å². The number of aliphatic hydroxyl groups excluding tert-OH is 1. The molecule has 1 aromatic heterocycles. The van der Waals surface area contributed by atoms with Gasteiger partial charge in [-0.3, -0.25) is 25.5 Å². The summed E-state index contributed by atoms with van der Waals surface area (Å²) in [5, 5.41) is 26.5. The number of aliphatic hydroxyl groups is 1. The number of carbonyl (C=O) groups is 1. The van der Waals surface area contributed by atoms with Crippen molar-refractivity contribution in [2.45, 2.75) is 25.8 Å². The van der Waals surface area contributed by atoms with Crippen LogP contribution in [0.25, 0.3) is 0 Å². The first-order valence-electron chi connectivity index (χ1n) is 9.91. The minimum Gasteiger partial charge on any atom is -0.404 e. The number of nitrogens with zero attached hydrogens (tertiary/aromatic N) is 3.